The van der Waals surface area contributed by atoms with Crippen LogP contribution in [0, 0.1) is 0 Å². The quantitative estimate of drug-likeness (QED) is 0.854. The molecule has 1 unspecified atom stereocenters. The fraction of sp³-hybridized carbons (Fsp3) is 0.692. The molecular weight excluding hydrogens is 202 g/mol. The van der Waals surface area contributed by atoms with E-state index >= 15 is 0 Å². The molecule has 0 bridgehead atoms. The maximum Gasteiger partial charge on any atom is 0.126 e. The van der Waals surface area contributed by atoms with Crippen molar-refractivity contribution in [3.05, 3.63) is 23.7 Å². The minimum atomic E-state index is -0.150. The van der Waals surface area contributed by atoms with Crippen LogP contribution in [0.25, 0.3) is 0 Å². The molecule has 1 aromatic heterocycles. The average Bonchev–Trinajstić information content (AvgIpc) is 2.66. The molecular formula is C13H21NO2. The van der Waals surface area contributed by atoms with Gasteiger partial charge in [0.2, 0.25) is 0 Å². The largest absolute Gasteiger partial charge is 0.467 e. The summed E-state index contributed by atoms with van der Waals surface area (Å²) in [5, 5.41) is 3.55. The van der Waals surface area contributed by atoms with Crippen molar-refractivity contribution < 1.29 is 9.15 Å². The maximum atomic E-state index is 5.64. The highest BCUT2D eigenvalue weighted by atomic mass is 16.5. The Hall–Kier alpha value is -0.800. The van der Waals surface area contributed by atoms with Crippen molar-refractivity contribution >= 4 is 0 Å². The Balaban J connectivity index is 2.27. The van der Waals surface area contributed by atoms with Crippen LogP contribution in [-0.2, 0) is 16.7 Å². The Labute approximate surface area is 97.2 Å². The molecule has 0 radical (unpaired) electrons. The van der Waals surface area contributed by atoms with Gasteiger partial charge in [0.25, 0.3) is 0 Å². The van der Waals surface area contributed by atoms with Crippen LogP contribution < -0.4 is 5.32 Å². The zero-order chi connectivity index (χ0) is 11.8. The molecule has 0 amide bonds. The van der Waals surface area contributed by atoms with E-state index in [0.717, 1.165) is 25.1 Å². The Morgan fingerprint density at radius 2 is 2.31 bits per heavy atom. The highest BCUT2D eigenvalue weighted by Crippen LogP contribution is 2.36. The minimum absolute atomic E-state index is 0.114. The van der Waals surface area contributed by atoms with E-state index < -0.39 is 0 Å². The SMILES string of the molecule is COC(C)(C)CC1(C)NCCc2ccoc21. The van der Waals surface area contributed by atoms with Gasteiger partial charge in [-0.3, -0.25) is 0 Å². The molecule has 1 N–H and O–H groups in total. The molecule has 2 heterocycles. The van der Waals surface area contributed by atoms with E-state index in [1.54, 1.807) is 13.4 Å². The van der Waals surface area contributed by atoms with E-state index in [0.29, 0.717) is 0 Å². The lowest BCUT2D eigenvalue weighted by Crippen LogP contribution is -2.49. The number of furan rings is 1. The van der Waals surface area contributed by atoms with Crippen LogP contribution in [0.2, 0.25) is 0 Å². The zero-order valence-corrected chi connectivity index (χ0v) is 10.6. The van der Waals surface area contributed by atoms with Crippen molar-refractivity contribution in [2.45, 2.75) is 44.8 Å². The summed E-state index contributed by atoms with van der Waals surface area (Å²) < 4.78 is 11.2. The Bertz CT molecular complexity index is 370. The summed E-state index contributed by atoms with van der Waals surface area (Å²) in [5.41, 5.74) is 1.06. The molecule has 1 aliphatic rings. The lowest BCUT2D eigenvalue weighted by atomic mass is 9.81. The molecule has 0 saturated carbocycles. The highest BCUT2D eigenvalue weighted by molar-refractivity contribution is 5.27. The first kappa shape index (κ1) is 11.7. The molecule has 0 fully saturated rings. The average molecular weight is 223 g/mol. The number of methoxy groups -OCH3 is 1. The van der Waals surface area contributed by atoms with Crippen LogP contribution >= 0.6 is 0 Å². The third-order valence-corrected chi connectivity index (χ3v) is 3.49. The van der Waals surface area contributed by atoms with Crippen molar-refractivity contribution in [1.29, 1.82) is 0 Å². The molecule has 1 atom stereocenters. The van der Waals surface area contributed by atoms with Gasteiger partial charge in [0.1, 0.15) is 5.76 Å². The first-order chi connectivity index (χ1) is 7.47. The molecule has 1 aliphatic heterocycles. The number of hydrogen-bond donors (Lipinski definition) is 1. The van der Waals surface area contributed by atoms with Crippen LogP contribution in [0.4, 0.5) is 0 Å². The van der Waals surface area contributed by atoms with E-state index in [4.69, 9.17) is 9.15 Å². The summed E-state index contributed by atoms with van der Waals surface area (Å²) >= 11 is 0. The van der Waals surface area contributed by atoms with Crippen LogP contribution in [0.5, 0.6) is 0 Å². The van der Waals surface area contributed by atoms with Gasteiger partial charge in [-0.05, 0) is 38.8 Å². The van der Waals surface area contributed by atoms with Gasteiger partial charge < -0.3 is 14.5 Å². The van der Waals surface area contributed by atoms with Gasteiger partial charge in [0.15, 0.2) is 0 Å². The topological polar surface area (TPSA) is 34.4 Å². The second kappa shape index (κ2) is 3.90. The summed E-state index contributed by atoms with van der Waals surface area (Å²) in [6.45, 7) is 7.41. The van der Waals surface area contributed by atoms with Gasteiger partial charge in [0, 0.05) is 20.1 Å². The van der Waals surface area contributed by atoms with E-state index in [-0.39, 0.29) is 11.1 Å². The smallest absolute Gasteiger partial charge is 0.126 e. The summed E-state index contributed by atoms with van der Waals surface area (Å²) in [6.07, 6.45) is 3.74. The van der Waals surface area contributed by atoms with Gasteiger partial charge in [-0.2, -0.15) is 0 Å². The third-order valence-electron chi connectivity index (χ3n) is 3.49. The number of rotatable bonds is 3. The summed E-state index contributed by atoms with van der Waals surface area (Å²) in [6, 6.07) is 2.08. The standard InChI is InChI=1S/C13H21NO2/c1-12(2,15-4)9-13(3)11-10(5-7-14-13)6-8-16-11/h6,8,14H,5,7,9H2,1-4H3. The fourth-order valence-corrected chi connectivity index (χ4v) is 2.64. The number of nitrogens with one attached hydrogen (secondary N) is 1. The first-order valence-corrected chi connectivity index (χ1v) is 5.84. The van der Waals surface area contributed by atoms with Crippen molar-refractivity contribution in [2.24, 2.45) is 0 Å². The predicted molar refractivity (Wildman–Crippen MR) is 63.5 cm³/mol. The molecule has 0 aromatic carbocycles. The van der Waals surface area contributed by atoms with Gasteiger partial charge >= 0.3 is 0 Å². The highest BCUT2D eigenvalue weighted by Gasteiger charge is 2.39. The van der Waals surface area contributed by atoms with Crippen LogP contribution in [0.3, 0.4) is 0 Å². The molecule has 0 saturated heterocycles. The number of fused-ring (bicyclic) bond motifs is 1. The minimum Gasteiger partial charge on any atom is -0.467 e. The fourth-order valence-electron chi connectivity index (χ4n) is 2.64. The molecule has 16 heavy (non-hydrogen) atoms. The van der Waals surface area contributed by atoms with Gasteiger partial charge in [-0.1, -0.05) is 0 Å². The van der Waals surface area contributed by atoms with Crippen molar-refractivity contribution in [2.75, 3.05) is 13.7 Å². The molecule has 0 spiro atoms. The van der Waals surface area contributed by atoms with Gasteiger partial charge in [-0.25, -0.2) is 0 Å². The molecule has 90 valence electrons. The normalized spacial score (nSPS) is 25.5. The molecule has 1 aromatic rings. The first-order valence-electron chi connectivity index (χ1n) is 5.84. The van der Waals surface area contributed by atoms with E-state index in [1.165, 1.54) is 5.56 Å². The number of ether oxygens (including phenoxy) is 1. The summed E-state index contributed by atoms with van der Waals surface area (Å²) in [4.78, 5) is 0. The van der Waals surface area contributed by atoms with Gasteiger partial charge in [0.05, 0.1) is 17.4 Å². The molecule has 3 heteroatoms. The zero-order valence-electron chi connectivity index (χ0n) is 10.6. The monoisotopic (exact) mass is 223 g/mol. The summed E-state index contributed by atoms with van der Waals surface area (Å²) in [5.74, 6) is 1.07. The van der Waals surface area contributed by atoms with E-state index in [2.05, 4.69) is 32.2 Å². The Morgan fingerprint density at radius 3 is 3.00 bits per heavy atom. The summed E-state index contributed by atoms with van der Waals surface area (Å²) in [7, 11) is 1.76. The maximum absolute atomic E-state index is 5.64. The van der Waals surface area contributed by atoms with Crippen LogP contribution in [-0.4, -0.2) is 19.3 Å². The second-order valence-corrected chi connectivity index (χ2v) is 5.42. The Kier molecular flexibility index (Phi) is 2.84. The molecule has 2 rings (SSSR count). The lowest BCUT2D eigenvalue weighted by molar-refractivity contribution is -0.0119. The van der Waals surface area contributed by atoms with Crippen LogP contribution in [0.15, 0.2) is 16.7 Å². The van der Waals surface area contributed by atoms with Crippen LogP contribution in [0.1, 0.15) is 38.5 Å². The molecule has 0 aliphatic carbocycles. The van der Waals surface area contributed by atoms with Crippen molar-refractivity contribution in [1.82, 2.24) is 5.32 Å². The number of hydrogen-bond acceptors (Lipinski definition) is 3. The molecule has 3 nitrogen and oxygen atoms in total. The van der Waals surface area contributed by atoms with E-state index in [1.807, 2.05) is 0 Å². The lowest BCUT2D eigenvalue weighted by Gasteiger charge is -2.39. The van der Waals surface area contributed by atoms with E-state index in [9.17, 15) is 0 Å². The Morgan fingerprint density at radius 1 is 1.56 bits per heavy atom. The second-order valence-electron chi connectivity index (χ2n) is 5.42. The van der Waals surface area contributed by atoms with Gasteiger partial charge in [-0.15, -0.1) is 0 Å². The van der Waals surface area contributed by atoms with Crippen molar-refractivity contribution in [3.8, 4) is 0 Å². The third kappa shape index (κ3) is 2.02. The van der Waals surface area contributed by atoms with Crippen molar-refractivity contribution in [3.63, 3.8) is 0 Å². The predicted octanol–water partition coefficient (Wildman–Crippen LogP) is 2.46.